The van der Waals surface area contributed by atoms with E-state index in [2.05, 4.69) is 15.3 Å². The van der Waals surface area contributed by atoms with Gasteiger partial charge in [0.25, 0.3) is 0 Å². The molecule has 0 aliphatic rings. The smallest absolute Gasteiger partial charge is 0.363 e. The summed E-state index contributed by atoms with van der Waals surface area (Å²) in [5, 5.41) is 3.39. The fraction of sp³-hybridized carbons (Fsp3) is 0.333. The standard InChI is InChI=1S/C12H11ClF3N3S/c1-2-8-5-18-11(20-8)6-17-10-4-7(12(14,15)16)3-9(13)19-10/h3-5H,2,6H2,1H3,(H,17,19). The van der Waals surface area contributed by atoms with Crippen molar-refractivity contribution in [2.24, 2.45) is 0 Å². The van der Waals surface area contributed by atoms with Crippen LogP contribution in [0.2, 0.25) is 5.15 Å². The maximum atomic E-state index is 12.6. The third-order valence-corrected chi connectivity index (χ3v) is 3.83. The van der Waals surface area contributed by atoms with Gasteiger partial charge >= 0.3 is 6.18 Å². The van der Waals surface area contributed by atoms with Crippen molar-refractivity contribution in [2.75, 3.05) is 5.32 Å². The Morgan fingerprint density at radius 1 is 1.35 bits per heavy atom. The zero-order valence-corrected chi connectivity index (χ0v) is 12.0. The number of thiazole rings is 1. The lowest BCUT2D eigenvalue weighted by Crippen LogP contribution is -2.08. The van der Waals surface area contributed by atoms with Gasteiger partial charge in [0.05, 0.1) is 12.1 Å². The molecular weight excluding hydrogens is 311 g/mol. The number of aromatic nitrogens is 2. The van der Waals surface area contributed by atoms with E-state index in [1.807, 2.05) is 6.92 Å². The van der Waals surface area contributed by atoms with Gasteiger partial charge in [-0.2, -0.15) is 13.2 Å². The average molecular weight is 322 g/mol. The number of aryl methyl sites for hydroxylation is 1. The molecule has 2 aromatic heterocycles. The molecule has 0 spiro atoms. The van der Waals surface area contributed by atoms with Crippen LogP contribution < -0.4 is 5.32 Å². The molecule has 0 aliphatic carbocycles. The summed E-state index contributed by atoms with van der Waals surface area (Å²) in [6, 6.07) is 1.73. The molecule has 0 aliphatic heterocycles. The lowest BCUT2D eigenvalue weighted by atomic mass is 10.2. The van der Waals surface area contributed by atoms with E-state index in [9.17, 15) is 13.2 Å². The first-order chi connectivity index (χ1) is 9.38. The van der Waals surface area contributed by atoms with Crippen LogP contribution in [-0.4, -0.2) is 9.97 Å². The second-order valence-corrected chi connectivity index (χ2v) is 5.58. The molecule has 8 heteroatoms. The van der Waals surface area contributed by atoms with Crippen LogP contribution in [0.25, 0.3) is 0 Å². The second kappa shape index (κ2) is 5.97. The molecule has 3 nitrogen and oxygen atoms in total. The molecule has 0 amide bonds. The van der Waals surface area contributed by atoms with E-state index in [-0.39, 0.29) is 11.0 Å². The third kappa shape index (κ3) is 3.83. The molecule has 0 atom stereocenters. The van der Waals surface area contributed by atoms with Crippen molar-refractivity contribution in [3.8, 4) is 0 Å². The molecule has 0 aromatic carbocycles. The highest BCUT2D eigenvalue weighted by molar-refractivity contribution is 7.11. The van der Waals surface area contributed by atoms with Gasteiger partial charge in [-0.05, 0) is 18.6 Å². The molecule has 2 heterocycles. The van der Waals surface area contributed by atoms with E-state index >= 15 is 0 Å². The highest BCUT2D eigenvalue weighted by atomic mass is 35.5. The number of alkyl halides is 3. The van der Waals surface area contributed by atoms with Gasteiger partial charge in [0.2, 0.25) is 0 Å². The third-order valence-electron chi connectivity index (χ3n) is 2.49. The highest BCUT2D eigenvalue weighted by Crippen LogP contribution is 2.32. The summed E-state index contributed by atoms with van der Waals surface area (Å²) in [4.78, 5) is 9.11. The zero-order chi connectivity index (χ0) is 14.8. The predicted molar refractivity (Wildman–Crippen MR) is 73.1 cm³/mol. The molecule has 0 saturated carbocycles. The van der Waals surface area contributed by atoms with Crippen LogP contribution in [0, 0.1) is 0 Å². The zero-order valence-electron chi connectivity index (χ0n) is 10.5. The van der Waals surface area contributed by atoms with Crippen LogP contribution >= 0.6 is 22.9 Å². The molecule has 108 valence electrons. The molecule has 2 aromatic rings. The van der Waals surface area contributed by atoms with Gasteiger partial charge in [-0.1, -0.05) is 18.5 Å². The van der Waals surface area contributed by atoms with Gasteiger partial charge in [-0.25, -0.2) is 9.97 Å². The number of anilines is 1. The number of rotatable bonds is 4. The van der Waals surface area contributed by atoms with E-state index < -0.39 is 11.7 Å². The molecule has 0 fully saturated rings. The Hall–Kier alpha value is -1.34. The number of nitrogens with one attached hydrogen (secondary N) is 1. The first kappa shape index (κ1) is 15.1. The van der Waals surface area contributed by atoms with E-state index in [4.69, 9.17) is 11.6 Å². The topological polar surface area (TPSA) is 37.8 Å². The summed E-state index contributed by atoms with van der Waals surface area (Å²) in [6.45, 7) is 2.33. The Kier molecular flexibility index (Phi) is 4.49. The molecule has 1 N–H and O–H groups in total. The van der Waals surface area contributed by atoms with Crippen LogP contribution in [-0.2, 0) is 19.1 Å². The number of nitrogens with zero attached hydrogens (tertiary/aromatic N) is 2. The average Bonchev–Trinajstić information content (AvgIpc) is 2.82. The molecule has 0 saturated heterocycles. The summed E-state index contributed by atoms with van der Waals surface area (Å²) in [5.74, 6) is 0.0815. The number of hydrogen-bond acceptors (Lipinski definition) is 4. The van der Waals surface area contributed by atoms with Gasteiger partial charge < -0.3 is 5.32 Å². The summed E-state index contributed by atoms with van der Waals surface area (Å²) < 4.78 is 37.9. The molecule has 20 heavy (non-hydrogen) atoms. The molecular formula is C12H11ClF3N3S. The van der Waals surface area contributed by atoms with Crippen LogP contribution in [0.15, 0.2) is 18.3 Å². The van der Waals surface area contributed by atoms with Gasteiger partial charge in [-0.15, -0.1) is 11.3 Å². The Morgan fingerprint density at radius 3 is 2.70 bits per heavy atom. The summed E-state index contributed by atoms with van der Waals surface area (Å²) in [6.07, 6.45) is -1.81. The first-order valence-electron chi connectivity index (χ1n) is 5.80. The number of halogens is 4. The van der Waals surface area contributed by atoms with Crippen LogP contribution in [0.5, 0.6) is 0 Å². The fourth-order valence-electron chi connectivity index (χ4n) is 1.51. The maximum Gasteiger partial charge on any atom is 0.416 e. The van der Waals surface area contributed by atoms with Crippen molar-refractivity contribution in [3.63, 3.8) is 0 Å². The molecule has 0 radical (unpaired) electrons. The summed E-state index contributed by atoms with van der Waals surface area (Å²) in [7, 11) is 0. The van der Waals surface area contributed by atoms with Crippen molar-refractivity contribution in [1.82, 2.24) is 9.97 Å². The Labute approximate surface area is 122 Å². The van der Waals surface area contributed by atoms with Crippen molar-refractivity contribution in [3.05, 3.63) is 38.9 Å². The summed E-state index contributed by atoms with van der Waals surface area (Å²) >= 11 is 7.11. The van der Waals surface area contributed by atoms with Crippen molar-refractivity contribution < 1.29 is 13.2 Å². The molecule has 0 bridgehead atoms. The van der Waals surface area contributed by atoms with E-state index in [0.717, 1.165) is 28.4 Å². The SMILES string of the molecule is CCc1cnc(CNc2cc(C(F)(F)F)cc(Cl)n2)s1. The summed E-state index contributed by atoms with van der Waals surface area (Å²) in [5.41, 5.74) is -0.826. The second-order valence-electron chi connectivity index (χ2n) is 3.99. The van der Waals surface area contributed by atoms with Crippen LogP contribution in [0.4, 0.5) is 19.0 Å². The van der Waals surface area contributed by atoms with E-state index in [0.29, 0.717) is 6.54 Å². The first-order valence-corrected chi connectivity index (χ1v) is 7.00. The van der Waals surface area contributed by atoms with Crippen LogP contribution in [0.3, 0.4) is 0 Å². The van der Waals surface area contributed by atoms with Crippen molar-refractivity contribution in [1.29, 1.82) is 0 Å². The minimum Gasteiger partial charge on any atom is -0.363 e. The van der Waals surface area contributed by atoms with Gasteiger partial charge in [0, 0.05) is 11.1 Å². The largest absolute Gasteiger partial charge is 0.416 e. The highest BCUT2D eigenvalue weighted by Gasteiger charge is 2.31. The Balaban J connectivity index is 2.11. The van der Waals surface area contributed by atoms with Gasteiger partial charge in [0.1, 0.15) is 16.0 Å². The minimum atomic E-state index is -4.44. The lowest BCUT2D eigenvalue weighted by molar-refractivity contribution is -0.137. The van der Waals surface area contributed by atoms with E-state index in [1.165, 1.54) is 11.3 Å². The monoisotopic (exact) mass is 321 g/mol. The minimum absolute atomic E-state index is 0.0815. The maximum absolute atomic E-state index is 12.6. The molecule has 0 unspecified atom stereocenters. The number of hydrogen-bond donors (Lipinski definition) is 1. The molecule has 2 rings (SSSR count). The lowest BCUT2D eigenvalue weighted by Gasteiger charge is -2.10. The van der Waals surface area contributed by atoms with Crippen LogP contribution in [0.1, 0.15) is 22.4 Å². The van der Waals surface area contributed by atoms with Crippen molar-refractivity contribution in [2.45, 2.75) is 26.1 Å². The van der Waals surface area contributed by atoms with E-state index in [1.54, 1.807) is 6.20 Å². The quantitative estimate of drug-likeness (QED) is 0.849. The Morgan fingerprint density at radius 2 is 2.10 bits per heavy atom. The Bertz CT molecular complexity index is 598. The normalized spacial score (nSPS) is 11.7. The number of pyridine rings is 1. The van der Waals surface area contributed by atoms with Crippen molar-refractivity contribution >= 4 is 28.8 Å². The fourth-order valence-corrected chi connectivity index (χ4v) is 2.52. The predicted octanol–water partition coefficient (Wildman–Crippen LogP) is 4.38. The van der Waals surface area contributed by atoms with Gasteiger partial charge in [-0.3, -0.25) is 0 Å². The van der Waals surface area contributed by atoms with Gasteiger partial charge in [0.15, 0.2) is 0 Å².